The molecule has 10 heavy (non-hydrogen) atoms. The molecule has 0 saturated carbocycles. The monoisotopic (exact) mass is 159 g/mol. The summed E-state index contributed by atoms with van der Waals surface area (Å²) in [7, 11) is 0. The van der Waals surface area contributed by atoms with Gasteiger partial charge < -0.3 is 15.5 Å². The van der Waals surface area contributed by atoms with Gasteiger partial charge in [0.05, 0.1) is 17.6 Å². The lowest BCUT2D eigenvalue weighted by Gasteiger charge is -2.15. The maximum atomic E-state index is 9.04. The number of hydrogen-bond acceptors (Lipinski definition) is 4. The van der Waals surface area contributed by atoms with Crippen LogP contribution in [-0.2, 0) is 0 Å². The lowest BCUT2D eigenvalue weighted by atomic mass is 10.2. The van der Waals surface area contributed by atoms with E-state index in [1.54, 1.807) is 6.20 Å². The van der Waals surface area contributed by atoms with Gasteiger partial charge in [-0.15, -0.1) is 12.6 Å². The van der Waals surface area contributed by atoms with Gasteiger partial charge >= 0.3 is 0 Å². The summed E-state index contributed by atoms with van der Waals surface area (Å²) in [5.74, 6) is 0.112. The molecule has 0 fully saturated rings. The van der Waals surface area contributed by atoms with E-state index in [1.807, 2.05) is 0 Å². The quantitative estimate of drug-likeness (QED) is 0.412. The van der Waals surface area contributed by atoms with Crippen molar-refractivity contribution >= 4 is 12.6 Å². The molecule has 0 aromatic carbocycles. The first-order valence-corrected chi connectivity index (χ1v) is 3.36. The molecule has 0 spiro atoms. The standard InChI is InChI=1S/C6H9NO2S/c8-3-4-1-5(9)6(10)2-7-4/h1-2,4,7-10H,3H2. The molecule has 56 valence electrons. The Kier molecular flexibility index (Phi) is 2.24. The molecule has 0 amide bonds. The molecule has 0 bridgehead atoms. The van der Waals surface area contributed by atoms with Crippen LogP contribution in [0.25, 0.3) is 0 Å². The van der Waals surface area contributed by atoms with Gasteiger partial charge in [-0.1, -0.05) is 0 Å². The van der Waals surface area contributed by atoms with Crippen molar-refractivity contribution in [1.29, 1.82) is 0 Å². The highest BCUT2D eigenvalue weighted by atomic mass is 32.1. The van der Waals surface area contributed by atoms with Gasteiger partial charge in [0.1, 0.15) is 5.76 Å². The topological polar surface area (TPSA) is 52.5 Å². The van der Waals surface area contributed by atoms with Crippen LogP contribution in [0.5, 0.6) is 0 Å². The van der Waals surface area contributed by atoms with E-state index in [-0.39, 0.29) is 18.4 Å². The van der Waals surface area contributed by atoms with Crippen molar-refractivity contribution in [2.45, 2.75) is 6.04 Å². The van der Waals surface area contributed by atoms with Gasteiger partial charge in [0.25, 0.3) is 0 Å². The summed E-state index contributed by atoms with van der Waals surface area (Å²) >= 11 is 3.93. The van der Waals surface area contributed by atoms with Crippen LogP contribution in [-0.4, -0.2) is 22.9 Å². The van der Waals surface area contributed by atoms with Crippen molar-refractivity contribution in [2.75, 3.05) is 6.61 Å². The van der Waals surface area contributed by atoms with Crippen LogP contribution in [0.1, 0.15) is 0 Å². The number of hydrogen-bond donors (Lipinski definition) is 4. The minimum absolute atomic E-state index is 0.0262. The van der Waals surface area contributed by atoms with Crippen molar-refractivity contribution < 1.29 is 10.2 Å². The van der Waals surface area contributed by atoms with Gasteiger partial charge in [-0.05, 0) is 6.08 Å². The molecule has 1 heterocycles. The Hall–Kier alpha value is -0.610. The van der Waals surface area contributed by atoms with Crippen LogP contribution >= 0.6 is 12.6 Å². The second-order valence-electron chi connectivity index (χ2n) is 2.04. The first-order valence-electron chi connectivity index (χ1n) is 2.91. The highest BCUT2D eigenvalue weighted by Crippen LogP contribution is 2.14. The fraction of sp³-hybridized carbons (Fsp3) is 0.333. The van der Waals surface area contributed by atoms with Crippen LogP contribution in [0, 0.1) is 0 Å². The molecular formula is C6H9NO2S. The van der Waals surface area contributed by atoms with Crippen molar-refractivity contribution in [3.8, 4) is 0 Å². The third-order valence-corrected chi connectivity index (χ3v) is 1.61. The second kappa shape index (κ2) is 2.98. The van der Waals surface area contributed by atoms with E-state index >= 15 is 0 Å². The summed E-state index contributed by atoms with van der Waals surface area (Å²) in [6, 6.07) is -0.184. The molecule has 1 unspecified atom stereocenters. The van der Waals surface area contributed by atoms with E-state index in [0.717, 1.165) is 0 Å². The third kappa shape index (κ3) is 1.46. The zero-order chi connectivity index (χ0) is 7.56. The normalized spacial score (nSPS) is 24.8. The first kappa shape index (κ1) is 7.50. The summed E-state index contributed by atoms with van der Waals surface area (Å²) in [5.41, 5.74) is 0. The van der Waals surface area contributed by atoms with Crippen LogP contribution < -0.4 is 5.32 Å². The Bertz CT molecular complexity index is 188. The predicted molar refractivity (Wildman–Crippen MR) is 41.8 cm³/mol. The van der Waals surface area contributed by atoms with E-state index in [4.69, 9.17) is 10.2 Å². The van der Waals surface area contributed by atoms with Gasteiger partial charge in [0.15, 0.2) is 0 Å². The van der Waals surface area contributed by atoms with Gasteiger partial charge in [-0.3, -0.25) is 0 Å². The average Bonchev–Trinajstić information content (AvgIpc) is 1.95. The second-order valence-corrected chi connectivity index (χ2v) is 2.52. The third-order valence-electron chi connectivity index (χ3n) is 1.25. The summed E-state index contributed by atoms with van der Waals surface area (Å²) in [5, 5.41) is 20.5. The SMILES string of the molecule is OCC1C=C(O)C(S)=CN1. The fourth-order valence-electron chi connectivity index (χ4n) is 0.689. The van der Waals surface area contributed by atoms with Crippen LogP contribution in [0.15, 0.2) is 22.9 Å². The maximum Gasteiger partial charge on any atom is 0.128 e. The number of thiol groups is 1. The smallest absolute Gasteiger partial charge is 0.128 e. The fourth-order valence-corrected chi connectivity index (χ4v) is 0.838. The summed E-state index contributed by atoms with van der Waals surface area (Å²) < 4.78 is 0. The molecule has 1 aliphatic heterocycles. The van der Waals surface area contributed by atoms with Crippen molar-refractivity contribution in [1.82, 2.24) is 5.32 Å². The Morgan fingerprint density at radius 2 is 2.40 bits per heavy atom. The zero-order valence-electron chi connectivity index (χ0n) is 5.28. The lowest BCUT2D eigenvalue weighted by Crippen LogP contribution is -2.29. The average molecular weight is 159 g/mol. The van der Waals surface area contributed by atoms with Crippen LogP contribution in [0.2, 0.25) is 0 Å². The molecule has 1 atom stereocenters. The van der Waals surface area contributed by atoms with E-state index in [9.17, 15) is 0 Å². The van der Waals surface area contributed by atoms with E-state index < -0.39 is 0 Å². The van der Waals surface area contributed by atoms with Crippen molar-refractivity contribution in [3.63, 3.8) is 0 Å². The number of nitrogens with one attached hydrogen (secondary N) is 1. The highest BCUT2D eigenvalue weighted by molar-refractivity contribution is 7.84. The molecule has 1 rings (SSSR count). The van der Waals surface area contributed by atoms with Gasteiger partial charge in [0.2, 0.25) is 0 Å². The minimum atomic E-state index is -0.184. The van der Waals surface area contributed by atoms with Gasteiger partial charge in [-0.25, -0.2) is 0 Å². The molecule has 4 heteroatoms. The Balaban J connectivity index is 2.66. The summed E-state index contributed by atoms with van der Waals surface area (Å²) in [6.07, 6.45) is 3.07. The number of rotatable bonds is 1. The Morgan fingerprint density at radius 3 is 2.90 bits per heavy atom. The zero-order valence-corrected chi connectivity index (χ0v) is 6.18. The number of aliphatic hydroxyl groups excluding tert-OH is 2. The first-order chi connectivity index (χ1) is 4.74. The van der Waals surface area contributed by atoms with Crippen molar-refractivity contribution in [3.05, 3.63) is 22.9 Å². The summed E-state index contributed by atoms with van der Waals surface area (Å²) in [4.78, 5) is 0.490. The molecule has 3 N–H and O–H groups in total. The largest absolute Gasteiger partial charge is 0.507 e. The van der Waals surface area contributed by atoms with Gasteiger partial charge in [-0.2, -0.15) is 0 Å². The van der Waals surface area contributed by atoms with E-state index in [2.05, 4.69) is 17.9 Å². The molecule has 3 nitrogen and oxygen atoms in total. The molecule has 0 saturated heterocycles. The van der Waals surface area contributed by atoms with E-state index in [0.29, 0.717) is 4.91 Å². The molecule has 0 radical (unpaired) electrons. The minimum Gasteiger partial charge on any atom is -0.507 e. The molecule has 0 aromatic rings. The Morgan fingerprint density at radius 1 is 1.70 bits per heavy atom. The highest BCUT2D eigenvalue weighted by Gasteiger charge is 2.09. The predicted octanol–water partition coefficient (Wildman–Crippen LogP) is 0.164. The maximum absolute atomic E-state index is 9.04. The molecular weight excluding hydrogens is 150 g/mol. The summed E-state index contributed by atoms with van der Waals surface area (Å²) in [6.45, 7) is -0.0262. The lowest BCUT2D eigenvalue weighted by molar-refractivity contribution is 0.267. The Labute approximate surface area is 64.5 Å². The molecule has 1 aliphatic rings. The van der Waals surface area contributed by atoms with Crippen molar-refractivity contribution in [2.24, 2.45) is 0 Å². The van der Waals surface area contributed by atoms with E-state index in [1.165, 1.54) is 6.08 Å². The van der Waals surface area contributed by atoms with Crippen LogP contribution in [0.3, 0.4) is 0 Å². The number of dihydropyridines is 1. The molecule has 0 aromatic heterocycles. The van der Waals surface area contributed by atoms with Crippen LogP contribution in [0.4, 0.5) is 0 Å². The van der Waals surface area contributed by atoms with Gasteiger partial charge in [0, 0.05) is 6.20 Å². The number of aliphatic hydroxyl groups is 2. The molecule has 0 aliphatic carbocycles.